The Bertz CT molecular complexity index is 218. The molecule has 0 unspecified atom stereocenters. The predicted molar refractivity (Wildman–Crippen MR) is 57.1 cm³/mol. The molecule has 0 saturated carbocycles. The van der Waals surface area contributed by atoms with Crippen LogP contribution in [-0.4, -0.2) is 7.25 Å². The number of hydrogen-bond acceptors (Lipinski definition) is 0. The van der Waals surface area contributed by atoms with Gasteiger partial charge in [0.05, 0.1) is 0 Å². The highest BCUT2D eigenvalue weighted by Gasteiger charge is 2.20. The molecule has 0 aromatic heterocycles. The van der Waals surface area contributed by atoms with Crippen molar-refractivity contribution in [3.63, 3.8) is 0 Å². The van der Waals surface area contributed by atoms with Crippen LogP contribution >= 0.6 is 0 Å². The van der Waals surface area contributed by atoms with Crippen molar-refractivity contribution >= 4 is 7.25 Å². The van der Waals surface area contributed by atoms with Gasteiger partial charge in [0.25, 0.3) is 0 Å². The van der Waals surface area contributed by atoms with Crippen molar-refractivity contribution in [3.05, 3.63) is 48.6 Å². The molecule has 5 heteroatoms. The summed E-state index contributed by atoms with van der Waals surface area (Å²) in [5, 5.41) is 0. The van der Waals surface area contributed by atoms with Gasteiger partial charge in [-0.15, -0.1) is 0 Å². The molecule has 0 saturated heterocycles. The van der Waals surface area contributed by atoms with Crippen LogP contribution in [0.2, 0.25) is 0 Å². The van der Waals surface area contributed by atoms with E-state index in [1.165, 1.54) is 0 Å². The van der Waals surface area contributed by atoms with Crippen molar-refractivity contribution in [3.8, 4) is 0 Å². The smallest absolute Gasteiger partial charge is 0.418 e. The van der Waals surface area contributed by atoms with Crippen LogP contribution < -0.4 is 0 Å². The molecule has 0 heterocycles. The molecule has 2 aliphatic rings. The first-order valence-corrected chi connectivity index (χ1v) is 4.51. The van der Waals surface area contributed by atoms with Crippen LogP contribution in [0.5, 0.6) is 0 Å². The van der Waals surface area contributed by atoms with Gasteiger partial charge < -0.3 is 17.3 Å². The van der Waals surface area contributed by atoms with E-state index in [9.17, 15) is 17.3 Å². The second-order valence-electron chi connectivity index (χ2n) is 2.68. The van der Waals surface area contributed by atoms with Crippen LogP contribution in [0.25, 0.3) is 0 Å². The van der Waals surface area contributed by atoms with Gasteiger partial charge in [-0.3, -0.25) is 0 Å². The van der Waals surface area contributed by atoms with Crippen molar-refractivity contribution in [1.29, 1.82) is 0 Å². The summed E-state index contributed by atoms with van der Waals surface area (Å²) in [6.45, 7) is 0. The second-order valence-corrected chi connectivity index (χ2v) is 2.68. The van der Waals surface area contributed by atoms with Crippen LogP contribution in [0.1, 0.15) is 14.3 Å². The summed E-state index contributed by atoms with van der Waals surface area (Å²) < 4.78 is 39.0. The molecular formula is C10H13BF4. The largest absolute Gasteiger partial charge is 1.00 e. The average molecular weight is 220 g/mol. The molecular weight excluding hydrogens is 207 g/mol. The zero-order valence-electron chi connectivity index (χ0n) is 9.12. The number of hydrogen-bond donors (Lipinski definition) is 0. The minimum absolute atomic E-state index is 0. The molecule has 0 aromatic carbocycles. The van der Waals surface area contributed by atoms with Crippen molar-refractivity contribution in [2.24, 2.45) is 0 Å². The molecule has 84 valence electrons. The third-order valence-electron chi connectivity index (χ3n) is 1.31. The summed E-state index contributed by atoms with van der Waals surface area (Å²) >= 11 is 0. The monoisotopic (exact) mass is 220 g/mol. The van der Waals surface area contributed by atoms with E-state index in [0.717, 1.165) is 12.8 Å². The molecule has 0 N–H and O–H groups in total. The Labute approximate surface area is 88.3 Å². The normalized spacial score (nSPS) is 15.7. The Hall–Kier alpha value is -1.26. The van der Waals surface area contributed by atoms with Crippen LogP contribution in [0.3, 0.4) is 0 Å². The third kappa shape index (κ3) is 19.2. The molecule has 0 amide bonds. The molecule has 0 bridgehead atoms. The zero-order valence-corrected chi connectivity index (χ0v) is 8.12. The Balaban J connectivity index is 0. The first kappa shape index (κ1) is 13.7. The van der Waals surface area contributed by atoms with Gasteiger partial charge in [-0.05, 0) is 12.8 Å². The number of rotatable bonds is 0. The average Bonchev–Trinajstić information content (AvgIpc) is 2.81. The fourth-order valence-electron chi connectivity index (χ4n) is 0.786. The van der Waals surface area contributed by atoms with Crippen LogP contribution in [-0.2, 0) is 0 Å². The molecule has 0 atom stereocenters. The Morgan fingerprint density at radius 1 is 0.667 bits per heavy atom. The van der Waals surface area contributed by atoms with Gasteiger partial charge in [0, 0.05) is 0 Å². The fourth-order valence-corrected chi connectivity index (χ4v) is 0.786. The topological polar surface area (TPSA) is 0 Å². The van der Waals surface area contributed by atoms with Crippen molar-refractivity contribution in [2.45, 2.75) is 12.8 Å². The van der Waals surface area contributed by atoms with E-state index in [1.54, 1.807) is 0 Å². The SMILES string of the molecule is C1=CCC=C1.C1=CCC=C1.F[B-](F)(F)F.[H+]. The first-order valence-electron chi connectivity index (χ1n) is 4.51. The molecule has 0 radical (unpaired) electrons. The van der Waals surface area contributed by atoms with Gasteiger partial charge in [-0.1, -0.05) is 48.6 Å². The molecule has 0 fully saturated rings. The summed E-state index contributed by atoms with van der Waals surface area (Å²) in [6, 6.07) is 0. The highest BCUT2D eigenvalue weighted by Crippen LogP contribution is 2.06. The Morgan fingerprint density at radius 2 is 0.867 bits per heavy atom. The maximum Gasteiger partial charge on any atom is 1.00 e. The third-order valence-corrected chi connectivity index (χ3v) is 1.31. The summed E-state index contributed by atoms with van der Waals surface area (Å²) in [5.41, 5.74) is 0. The molecule has 15 heavy (non-hydrogen) atoms. The highest BCUT2D eigenvalue weighted by atomic mass is 19.5. The van der Waals surface area contributed by atoms with E-state index in [1.807, 2.05) is 0 Å². The van der Waals surface area contributed by atoms with E-state index in [0.29, 0.717) is 0 Å². The molecule has 0 aromatic rings. The van der Waals surface area contributed by atoms with E-state index in [-0.39, 0.29) is 1.43 Å². The van der Waals surface area contributed by atoms with Crippen molar-refractivity contribution in [2.75, 3.05) is 0 Å². The van der Waals surface area contributed by atoms with Crippen LogP contribution in [0, 0.1) is 0 Å². The lowest BCUT2D eigenvalue weighted by molar-refractivity contribution is 0.368. The van der Waals surface area contributed by atoms with Gasteiger partial charge >= 0.3 is 8.68 Å². The molecule has 0 spiro atoms. The Morgan fingerprint density at radius 3 is 0.933 bits per heavy atom. The molecule has 2 aliphatic carbocycles. The van der Waals surface area contributed by atoms with E-state index < -0.39 is 7.25 Å². The molecule has 0 aliphatic heterocycles. The van der Waals surface area contributed by atoms with E-state index >= 15 is 0 Å². The maximum atomic E-state index is 9.75. The lowest BCUT2D eigenvalue weighted by Gasteiger charge is -1.94. The second kappa shape index (κ2) is 8.09. The predicted octanol–water partition coefficient (Wildman–Crippen LogP) is 4.42. The Kier molecular flexibility index (Phi) is 7.41. The number of halogens is 4. The first-order chi connectivity index (χ1) is 7.00. The lowest BCUT2D eigenvalue weighted by atomic mass is 10.3. The highest BCUT2D eigenvalue weighted by molar-refractivity contribution is 6.50. The molecule has 0 nitrogen and oxygen atoms in total. The van der Waals surface area contributed by atoms with Crippen molar-refractivity contribution in [1.82, 2.24) is 0 Å². The van der Waals surface area contributed by atoms with Crippen molar-refractivity contribution < 1.29 is 18.7 Å². The standard InChI is InChI=1S/2C5H6.BF4/c2*1-2-4-5-3-1;2-1(3,4)5/h2*1-4H,5H2;/q;;-1/p+1. The summed E-state index contributed by atoms with van der Waals surface area (Å²) in [7, 11) is -6.00. The number of allylic oxidation sites excluding steroid dienone is 8. The van der Waals surface area contributed by atoms with Gasteiger partial charge in [0.15, 0.2) is 0 Å². The van der Waals surface area contributed by atoms with Gasteiger partial charge in [-0.2, -0.15) is 0 Å². The summed E-state index contributed by atoms with van der Waals surface area (Å²) in [5.74, 6) is 0. The zero-order chi connectivity index (χ0) is 11.6. The molecule has 2 rings (SSSR count). The van der Waals surface area contributed by atoms with E-state index in [4.69, 9.17) is 0 Å². The summed E-state index contributed by atoms with van der Waals surface area (Å²) in [4.78, 5) is 0. The lowest BCUT2D eigenvalue weighted by Crippen LogP contribution is -2.02. The minimum atomic E-state index is -6.00. The quantitative estimate of drug-likeness (QED) is 0.418. The maximum absolute atomic E-state index is 9.75. The van der Waals surface area contributed by atoms with Crippen LogP contribution in [0.4, 0.5) is 17.3 Å². The summed E-state index contributed by atoms with van der Waals surface area (Å²) in [6.07, 6.45) is 19.0. The van der Waals surface area contributed by atoms with Crippen LogP contribution in [0.15, 0.2) is 48.6 Å². The fraction of sp³-hybridized carbons (Fsp3) is 0.200. The van der Waals surface area contributed by atoms with Gasteiger partial charge in [0.1, 0.15) is 0 Å². The van der Waals surface area contributed by atoms with Gasteiger partial charge in [0.2, 0.25) is 0 Å². The minimum Gasteiger partial charge on any atom is -0.418 e. The van der Waals surface area contributed by atoms with Gasteiger partial charge in [-0.25, -0.2) is 0 Å². The van der Waals surface area contributed by atoms with E-state index in [2.05, 4.69) is 48.6 Å².